The molecule has 0 unspecified atom stereocenters. The Hall–Kier alpha value is -0.610. The van der Waals surface area contributed by atoms with Crippen molar-refractivity contribution in [3.63, 3.8) is 0 Å². The topological polar surface area (TPSA) is 44.4 Å². The van der Waals surface area contributed by atoms with Gasteiger partial charge in [-0.1, -0.05) is 0 Å². The highest BCUT2D eigenvalue weighted by molar-refractivity contribution is 5.78. The predicted molar refractivity (Wildman–Crippen MR) is 61.8 cm³/mol. The summed E-state index contributed by atoms with van der Waals surface area (Å²) >= 11 is 0. The van der Waals surface area contributed by atoms with Crippen LogP contribution in [0.15, 0.2) is 0 Å². The molecule has 0 aromatic heterocycles. The van der Waals surface area contributed by atoms with Gasteiger partial charge >= 0.3 is 0 Å². The van der Waals surface area contributed by atoms with Crippen LogP contribution in [0.2, 0.25) is 0 Å². The van der Waals surface area contributed by atoms with Gasteiger partial charge in [0.25, 0.3) is 0 Å². The van der Waals surface area contributed by atoms with Crippen LogP contribution < -0.4 is 10.6 Å². The first-order valence-corrected chi connectivity index (χ1v) is 5.79. The van der Waals surface area contributed by atoms with Gasteiger partial charge < -0.3 is 10.6 Å². The number of nitrogens with zero attached hydrogens (tertiary/aromatic N) is 1. The summed E-state index contributed by atoms with van der Waals surface area (Å²) in [6, 6.07) is 0.803. The van der Waals surface area contributed by atoms with E-state index in [2.05, 4.69) is 15.5 Å². The lowest BCUT2D eigenvalue weighted by Crippen LogP contribution is -2.42. The van der Waals surface area contributed by atoms with E-state index in [0.717, 1.165) is 13.1 Å². The zero-order valence-corrected chi connectivity index (χ0v) is 10.0. The van der Waals surface area contributed by atoms with Crippen molar-refractivity contribution in [3.8, 4) is 0 Å². The number of carbonyl (C=O) groups is 1. The number of carbonyl (C=O) groups excluding carboxylic acids is 1. The first kappa shape index (κ1) is 12.5. The van der Waals surface area contributed by atoms with Crippen LogP contribution in [0.25, 0.3) is 0 Å². The Kier molecular flexibility index (Phi) is 5.05. The second-order valence-electron chi connectivity index (χ2n) is 4.71. The largest absolute Gasteiger partial charge is 0.353 e. The molecule has 0 aromatic carbocycles. The summed E-state index contributed by atoms with van der Waals surface area (Å²) in [5.74, 6) is 0.116. The highest BCUT2D eigenvalue weighted by atomic mass is 16.2. The van der Waals surface area contributed by atoms with Gasteiger partial charge in [-0.3, -0.25) is 9.69 Å². The van der Waals surface area contributed by atoms with Crippen LogP contribution >= 0.6 is 0 Å². The predicted octanol–water partition coefficient (Wildman–Crippen LogP) is 0.195. The van der Waals surface area contributed by atoms with Crippen molar-refractivity contribution in [1.29, 1.82) is 0 Å². The monoisotopic (exact) mass is 213 g/mol. The van der Waals surface area contributed by atoms with E-state index < -0.39 is 0 Å². The normalized spacial score (nSPS) is 21.3. The molecule has 1 fully saturated rings. The van der Waals surface area contributed by atoms with Crippen molar-refractivity contribution in [3.05, 3.63) is 0 Å². The van der Waals surface area contributed by atoms with E-state index in [1.807, 2.05) is 20.9 Å². The maximum Gasteiger partial charge on any atom is 0.234 e. The standard InChI is InChI=1S/C11H23N3O/c1-9(2)13-11(15)8-14(3)7-10-5-4-6-12-10/h9-10,12H,4-8H2,1-3H3,(H,13,15)/t10-/m1/s1. The molecule has 0 spiro atoms. The highest BCUT2D eigenvalue weighted by Gasteiger charge is 2.17. The number of amides is 1. The van der Waals surface area contributed by atoms with Gasteiger partial charge in [-0.25, -0.2) is 0 Å². The van der Waals surface area contributed by atoms with Crippen LogP contribution in [0, 0.1) is 0 Å². The molecule has 2 N–H and O–H groups in total. The van der Waals surface area contributed by atoms with Crippen LogP contribution in [0.3, 0.4) is 0 Å². The number of likely N-dealkylation sites (N-methyl/N-ethyl adjacent to an activating group) is 1. The molecule has 1 saturated heterocycles. The van der Waals surface area contributed by atoms with Crippen molar-refractivity contribution in [2.75, 3.05) is 26.7 Å². The fraction of sp³-hybridized carbons (Fsp3) is 0.909. The Bertz CT molecular complexity index is 200. The summed E-state index contributed by atoms with van der Waals surface area (Å²) in [7, 11) is 2.00. The quantitative estimate of drug-likeness (QED) is 0.685. The molecule has 1 rings (SSSR count). The fourth-order valence-electron chi connectivity index (χ4n) is 1.97. The van der Waals surface area contributed by atoms with E-state index in [1.54, 1.807) is 0 Å². The number of hydrogen-bond acceptors (Lipinski definition) is 3. The van der Waals surface area contributed by atoms with Crippen LogP contribution in [-0.2, 0) is 4.79 Å². The molecular weight excluding hydrogens is 190 g/mol. The molecule has 0 radical (unpaired) electrons. The van der Waals surface area contributed by atoms with E-state index >= 15 is 0 Å². The summed E-state index contributed by atoms with van der Waals surface area (Å²) in [4.78, 5) is 13.5. The van der Waals surface area contributed by atoms with Crippen molar-refractivity contribution in [1.82, 2.24) is 15.5 Å². The average molecular weight is 213 g/mol. The molecule has 0 saturated carbocycles. The van der Waals surface area contributed by atoms with Crippen LogP contribution in [-0.4, -0.2) is 49.6 Å². The molecule has 15 heavy (non-hydrogen) atoms. The van der Waals surface area contributed by atoms with Gasteiger partial charge in [0.1, 0.15) is 0 Å². The maximum atomic E-state index is 11.5. The average Bonchev–Trinajstić information content (AvgIpc) is 2.53. The third-order valence-corrected chi connectivity index (χ3v) is 2.56. The molecule has 0 bridgehead atoms. The van der Waals surface area contributed by atoms with Crippen LogP contribution in [0.4, 0.5) is 0 Å². The van der Waals surface area contributed by atoms with Crippen molar-refractivity contribution < 1.29 is 4.79 Å². The molecule has 1 aliphatic rings. The second-order valence-corrected chi connectivity index (χ2v) is 4.71. The van der Waals surface area contributed by atoms with E-state index in [4.69, 9.17) is 0 Å². The third-order valence-electron chi connectivity index (χ3n) is 2.56. The lowest BCUT2D eigenvalue weighted by atomic mass is 10.2. The van der Waals surface area contributed by atoms with E-state index in [9.17, 15) is 4.79 Å². The van der Waals surface area contributed by atoms with E-state index in [-0.39, 0.29) is 11.9 Å². The fourth-order valence-corrected chi connectivity index (χ4v) is 1.97. The Morgan fingerprint density at radius 1 is 1.60 bits per heavy atom. The minimum Gasteiger partial charge on any atom is -0.353 e. The molecular formula is C11H23N3O. The van der Waals surface area contributed by atoms with Gasteiger partial charge in [-0.2, -0.15) is 0 Å². The molecule has 4 heteroatoms. The smallest absolute Gasteiger partial charge is 0.234 e. The minimum atomic E-state index is 0.116. The molecule has 0 aromatic rings. The lowest BCUT2D eigenvalue weighted by Gasteiger charge is -2.21. The number of hydrogen-bond donors (Lipinski definition) is 2. The van der Waals surface area contributed by atoms with Crippen LogP contribution in [0.5, 0.6) is 0 Å². The molecule has 1 atom stereocenters. The second kappa shape index (κ2) is 6.08. The molecule has 88 valence electrons. The van der Waals surface area contributed by atoms with Gasteiger partial charge in [0.15, 0.2) is 0 Å². The number of nitrogens with one attached hydrogen (secondary N) is 2. The van der Waals surface area contributed by atoms with Gasteiger partial charge in [0.2, 0.25) is 5.91 Å². The van der Waals surface area contributed by atoms with Crippen LogP contribution in [0.1, 0.15) is 26.7 Å². The maximum absolute atomic E-state index is 11.5. The number of rotatable bonds is 5. The Balaban J connectivity index is 2.16. The summed E-state index contributed by atoms with van der Waals surface area (Å²) in [6.45, 7) is 6.55. The first-order chi connectivity index (χ1) is 7.08. The van der Waals surface area contributed by atoms with Gasteiger partial charge in [-0.05, 0) is 40.3 Å². The molecule has 1 aliphatic heterocycles. The summed E-state index contributed by atoms with van der Waals surface area (Å²) < 4.78 is 0. The van der Waals surface area contributed by atoms with Gasteiger partial charge in [-0.15, -0.1) is 0 Å². The summed E-state index contributed by atoms with van der Waals surface area (Å²) in [5, 5.41) is 6.33. The Morgan fingerprint density at radius 3 is 2.87 bits per heavy atom. The third kappa shape index (κ3) is 5.14. The SMILES string of the molecule is CC(C)NC(=O)CN(C)C[C@H]1CCCN1. The van der Waals surface area contributed by atoms with Crippen molar-refractivity contribution in [2.45, 2.75) is 38.8 Å². The molecule has 4 nitrogen and oxygen atoms in total. The van der Waals surface area contributed by atoms with E-state index in [1.165, 1.54) is 12.8 Å². The molecule has 1 heterocycles. The Morgan fingerprint density at radius 2 is 2.33 bits per heavy atom. The minimum absolute atomic E-state index is 0.116. The summed E-state index contributed by atoms with van der Waals surface area (Å²) in [6.07, 6.45) is 2.49. The van der Waals surface area contributed by atoms with Crippen molar-refractivity contribution >= 4 is 5.91 Å². The zero-order chi connectivity index (χ0) is 11.3. The van der Waals surface area contributed by atoms with Gasteiger partial charge in [0, 0.05) is 18.6 Å². The van der Waals surface area contributed by atoms with Gasteiger partial charge in [0.05, 0.1) is 6.54 Å². The van der Waals surface area contributed by atoms with E-state index in [0.29, 0.717) is 12.6 Å². The molecule has 1 amide bonds. The Labute approximate surface area is 92.4 Å². The lowest BCUT2D eigenvalue weighted by molar-refractivity contribution is -0.122. The molecule has 0 aliphatic carbocycles. The first-order valence-electron chi connectivity index (χ1n) is 5.79. The zero-order valence-electron chi connectivity index (χ0n) is 10.0. The highest BCUT2D eigenvalue weighted by Crippen LogP contribution is 2.05. The summed E-state index contributed by atoms with van der Waals surface area (Å²) in [5.41, 5.74) is 0. The van der Waals surface area contributed by atoms with Crippen molar-refractivity contribution in [2.24, 2.45) is 0 Å².